The monoisotopic (exact) mass is 331 g/mol. The molecule has 1 saturated carbocycles. The molecule has 2 rings (SSSR count). The second-order valence-electron chi connectivity index (χ2n) is 4.81. The summed E-state index contributed by atoms with van der Waals surface area (Å²) in [6.45, 7) is 4.92. The average molecular weight is 332 g/mol. The van der Waals surface area contributed by atoms with Gasteiger partial charge in [0, 0.05) is 17.6 Å². The van der Waals surface area contributed by atoms with E-state index in [0.29, 0.717) is 23.9 Å². The normalized spacial score (nSPS) is 16.2. The molecule has 18 heavy (non-hydrogen) atoms. The molecule has 0 heterocycles. The lowest BCUT2D eigenvalue weighted by molar-refractivity contribution is 0.411. The van der Waals surface area contributed by atoms with Crippen molar-refractivity contribution in [1.82, 2.24) is 4.31 Å². The highest BCUT2D eigenvalue weighted by atomic mass is 79.9. The van der Waals surface area contributed by atoms with Gasteiger partial charge in [-0.1, -0.05) is 28.9 Å². The molecule has 1 aromatic rings. The van der Waals surface area contributed by atoms with Crippen LogP contribution in [0.25, 0.3) is 0 Å². The smallest absolute Gasteiger partial charge is 0.207 e. The summed E-state index contributed by atoms with van der Waals surface area (Å²) in [7, 11) is -3.36. The molecule has 0 saturated heterocycles. The van der Waals surface area contributed by atoms with Crippen molar-refractivity contribution in [3.63, 3.8) is 0 Å². The van der Waals surface area contributed by atoms with Crippen molar-refractivity contribution < 1.29 is 8.42 Å². The largest absolute Gasteiger partial charge is 0.243 e. The Morgan fingerprint density at radius 3 is 2.61 bits per heavy atom. The van der Waals surface area contributed by atoms with Gasteiger partial charge in [-0.05, 0) is 43.4 Å². The van der Waals surface area contributed by atoms with E-state index in [1.54, 1.807) is 10.4 Å². The predicted octanol–water partition coefficient (Wildman–Crippen LogP) is 3.18. The second kappa shape index (κ2) is 5.31. The van der Waals surface area contributed by atoms with Gasteiger partial charge < -0.3 is 0 Å². The van der Waals surface area contributed by atoms with Crippen molar-refractivity contribution in [3.05, 3.63) is 28.2 Å². The van der Waals surface area contributed by atoms with Gasteiger partial charge in [0.25, 0.3) is 0 Å². The Morgan fingerprint density at radius 2 is 2.06 bits per heavy atom. The number of halogens is 1. The second-order valence-corrected chi connectivity index (χ2v) is 7.63. The summed E-state index contributed by atoms with van der Waals surface area (Å²) in [6.07, 6.45) is 2.31. The zero-order chi connectivity index (χ0) is 13.3. The van der Waals surface area contributed by atoms with E-state index in [1.807, 2.05) is 26.0 Å². The molecule has 5 heteroatoms. The van der Waals surface area contributed by atoms with Crippen LogP contribution in [-0.2, 0) is 10.0 Å². The van der Waals surface area contributed by atoms with Crippen molar-refractivity contribution in [2.45, 2.75) is 31.6 Å². The minimum atomic E-state index is -3.36. The molecule has 0 bridgehead atoms. The highest BCUT2D eigenvalue weighted by Crippen LogP contribution is 2.32. The average Bonchev–Trinajstić information content (AvgIpc) is 3.12. The van der Waals surface area contributed by atoms with Crippen molar-refractivity contribution in [2.24, 2.45) is 5.92 Å². The lowest BCUT2D eigenvalue weighted by Gasteiger charge is -2.21. The van der Waals surface area contributed by atoms with Gasteiger partial charge in [0.15, 0.2) is 0 Å². The van der Waals surface area contributed by atoms with E-state index in [1.165, 1.54) is 0 Å². The van der Waals surface area contributed by atoms with Crippen LogP contribution in [0.3, 0.4) is 0 Å². The molecule has 0 unspecified atom stereocenters. The van der Waals surface area contributed by atoms with Gasteiger partial charge in [-0.25, -0.2) is 8.42 Å². The maximum Gasteiger partial charge on any atom is 0.243 e. The molecule has 1 aliphatic rings. The fourth-order valence-corrected chi connectivity index (χ4v) is 4.27. The predicted molar refractivity (Wildman–Crippen MR) is 76.0 cm³/mol. The van der Waals surface area contributed by atoms with E-state index in [4.69, 9.17) is 0 Å². The van der Waals surface area contributed by atoms with Crippen molar-refractivity contribution in [2.75, 3.05) is 13.1 Å². The molecule has 0 aliphatic heterocycles. The summed E-state index contributed by atoms with van der Waals surface area (Å²) < 4.78 is 27.6. The molecule has 100 valence electrons. The quantitative estimate of drug-likeness (QED) is 0.830. The van der Waals surface area contributed by atoms with E-state index in [2.05, 4.69) is 15.9 Å². The highest BCUT2D eigenvalue weighted by molar-refractivity contribution is 9.10. The number of benzene rings is 1. The van der Waals surface area contributed by atoms with Gasteiger partial charge in [-0.15, -0.1) is 0 Å². The Balaban J connectivity index is 2.35. The molecule has 0 atom stereocenters. The van der Waals surface area contributed by atoms with Crippen LogP contribution in [0, 0.1) is 12.8 Å². The van der Waals surface area contributed by atoms with Gasteiger partial charge in [-0.3, -0.25) is 0 Å². The molecule has 0 amide bonds. The SMILES string of the molecule is CCN(CC1CC1)S(=O)(=O)c1cc(Br)ccc1C. The van der Waals surface area contributed by atoms with Crippen molar-refractivity contribution in [3.8, 4) is 0 Å². The first-order valence-electron chi connectivity index (χ1n) is 6.21. The van der Waals surface area contributed by atoms with Crippen LogP contribution in [0.15, 0.2) is 27.6 Å². The number of nitrogens with zero attached hydrogens (tertiary/aromatic N) is 1. The first-order valence-corrected chi connectivity index (χ1v) is 8.44. The molecular weight excluding hydrogens is 314 g/mol. The number of sulfonamides is 1. The molecular formula is C13H18BrNO2S. The van der Waals surface area contributed by atoms with Crippen LogP contribution in [-0.4, -0.2) is 25.8 Å². The van der Waals surface area contributed by atoms with E-state index in [9.17, 15) is 8.42 Å². The summed E-state index contributed by atoms with van der Waals surface area (Å²) >= 11 is 3.34. The first kappa shape index (κ1) is 14.0. The van der Waals surface area contributed by atoms with Crippen LogP contribution in [0.5, 0.6) is 0 Å². The van der Waals surface area contributed by atoms with Crippen molar-refractivity contribution in [1.29, 1.82) is 0 Å². The zero-order valence-corrected chi connectivity index (χ0v) is 13.1. The van der Waals surface area contributed by atoms with Crippen LogP contribution in [0.2, 0.25) is 0 Å². The summed E-state index contributed by atoms with van der Waals surface area (Å²) in [4.78, 5) is 0.416. The van der Waals surface area contributed by atoms with E-state index in [0.717, 1.165) is 22.9 Å². The third-order valence-electron chi connectivity index (χ3n) is 3.28. The fraction of sp³-hybridized carbons (Fsp3) is 0.538. The standard InChI is InChI=1S/C13H18BrNO2S/c1-3-15(9-11-5-6-11)18(16,17)13-8-12(14)7-4-10(13)2/h4,7-8,11H,3,5-6,9H2,1-2H3. The lowest BCUT2D eigenvalue weighted by atomic mass is 10.2. The van der Waals surface area contributed by atoms with E-state index >= 15 is 0 Å². The highest BCUT2D eigenvalue weighted by Gasteiger charge is 2.31. The molecule has 1 fully saturated rings. The molecule has 1 aliphatic carbocycles. The summed E-state index contributed by atoms with van der Waals surface area (Å²) in [5.41, 5.74) is 0.799. The van der Waals surface area contributed by atoms with Crippen LogP contribution in [0.1, 0.15) is 25.3 Å². The minimum Gasteiger partial charge on any atom is -0.207 e. The van der Waals surface area contributed by atoms with Gasteiger partial charge in [-0.2, -0.15) is 4.31 Å². The van der Waals surface area contributed by atoms with Crippen LogP contribution in [0.4, 0.5) is 0 Å². The van der Waals surface area contributed by atoms with Crippen LogP contribution < -0.4 is 0 Å². The molecule has 3 nitrogen and oxygen atoms in total. The fourth-order valence-electron chi connectivity index (χ4n) is 1.98. The Kier molecular flexibility index (Phi) is 4.14. The Hall–Kier alpha value is -0.390. The minimum absolute atomic E-state index is 0.416. The molecule has 0 spiro atoms. The third-order valence-corrected chi connectivity index (χ3v) is 5.86. The number of hydrogen-bond acceptors (Lipinski definition) is 2. The zero-order valence-electron chi connectivity index (χ0n) is 10.7. The maximum absolute atomic E-state index is 12.6. The lowest BCUT2D eigenvalue weighted by Crippen LogP contribution is -2.33. The van der Waals surface area contributed by atoms with Gasteiger partial charge in [0.05, 0.1) is 4.90 Å². The Labute approximate surface area is 117 Å². The van der Waals surface area contributed by atoms with Gasteiger partial charge >= 0.3 is 0 Å². The molecule has 0 aromatic heterocycles. The number of rotatable bonds is 5. The summed E-state index contributed by atoms with van der Waals surface area (Å²) in [6, 6.07) is 5.40. The van der Waals surface area contributed by atoms with E-state index < -0.39 is 10.0 Å². The summed E-state index contributed by atoms with van der Waals surface area (Å²) in [5.74, 6) is 0.562. The number of hydrogen-bond donors (Lipinski definition) is 0. The van der Waals surface area contributed by atoms with Crippen LogP contribution >= 0.6 is 15.9 Å². The maximum atomic E-state index is 12.6. The molecule has 0 radical (unpaired) electrons. The summed E-state index contributed by atoms with van der Waals surface area (Å²) in [5, 5.41) is 0. The molecule has 0 N–H and O–H groups in total. The van der Waals surface area contributed by atoms with E-state index in [-0.39, 0.29) is 0 Å². The molecule has 1 aromatic carbocycles. The first-order chi connectivity index (χ1) is 8.45. The number of aryl methyl sites for hydroxylation is 1. The Morgan fingerprint density at radius 1 is 1.39 bits per heavy atom. The third kappa shape index (κ3) is 2.95. The Bertz CT molecular complexity index is 538. The topological polar surface area (TPSA) is 37.4 Å². The van der Waals surface area contributed by atoms with Gasteiger partial charge in [0.2, 0.25) is 10.0 Å². The van der Waals surface area contributed by atoms with Gasteiger partial charge in [0.1, 0.15) is 0 Å². The van der Waals surface area contributed by atoms with Crippen molar-refractivity contribution >= 4 is 26.0 Å².